The van der Waals surface area contributed by atoms with Crippen molar-refractivity contribution in [2.75, 3.05) is 51.4 Å². The fourth-order valence-electron chi connectivity index (χ4n) is 5.65. The summed E-state index contributed by atoms with van der Waals surface area (Å²) in [6.45, 7) is 1.71. The van der Waals surface area contributed by atoms with Gasteiger partial charge < -0.3 is 49.8 Å². The quantitative estimate of drug-likeness (QED) is 0.0819. The van der Waals surface area contributed by atoms with Crippen LogP contribution in [0.5, 0.6) is 0 Å². The fourth-order valence-corrected chi connectivity index (χ4v) is 5.65. The van der Waals surface area contributed by atoms with Crippen LogP contribution in [0, 0.1) is 0 Å². The molecule has 2 bridgehead atoms. The smallest absolute Gasteiger partial charge is 0.434 e. The molecule has 0 aliphatic carbocycles. The predicted molar refractivity (Wildman–Crippen MR) is 181 cm³/mol. The maximum Gasteiger partial charge on any atom is 0.434 e. The second-order valence-corrected chi connectivity index (χ2v) is 12.8. The number of rotatable bonds is 23. The number of benzene rings is 1. The summed E-state index contributed by atoms with van der Waals surface area (Å²) < 4.78 is 66.8. The summed E-state index contributed by atoms with van der Waals surface area (Å²) >= 11 is 0. The molecule has 2 fully saturated rings. The van der Waals surface area contributed by atoms with Gasteiger partial charge >= 0.3 is 12.1 Å². The highest BCUT2D eigenvalue weighted by Gasteiger charge is 2.59. The van der Waals surface area contributed by atoms with Gasteiger partial charge in [-0.25, -0.2) is 4.98 Å². The lowest BCUT2D eigenvalue weighted by molar-refractivity contribution is -0.229. The number of anilines is 1. The molecule has 1 aromatic carbocycles. The summed E-state index contributed by atoms with van der Waals surface area (Å²) in [5.74, 6) is -0.934. The molecule has 53 heavy (non-hydrogen) atoms. The first kappa shape index (κ1) is 41.8. The van der Waals surface area contributed by atoms with E-state index in [4.69, 9.17) is 23.7 Å². The number of aliphatic hydroxyl groups is 2. The molecule has 294 valence electrons. The molecule has 2 aliphatic heterocycles. The molecule has 2 saturated heterocycles. The number of hydrogen-bond donors (Lipinski definition) is 5. The minimum absolute atomic E-state index is 0.0593. The Kier molecular flexibility index (Phi) is 16.6. The van der Waals surface area contributed by atoms with Crippen molar-refractivity contribution < 1.29 is 61.5 Å². The van der Waals surface area contributed by atoms with E-state index in [0.717, 1.165) is 31.0 Å². The Morgan fingerprint density at radius 1 is 0.887 bits per heavy atom. The Balaban J connectivity index is 0.949. The van der Waals surface area contributed by atoms with E-state index in [1.807, 2.05) is 30.3 Å². The van der Waals surface area contributed by atoms with Crippen LogP contribution in [-0.2, 0) is 50.9 Å². The van der Waals surface area contributed by atoms with Crippen LogP contribution in [0.3, 0.4) is 0 Å². The third-order valence-corrected chi connectivity index (χ3v) is 8.56. The van der Waals surface area contributed by atoms with E-state index >= 15 is 0 Å². The lowest BCUT2D eigenvalue weighted by atomic mass is 9.88. The molecular formula is C35H48F3N5O10. The third kappa shape index (κ3) is 13.8. The first-order valence-corrected chi connectivity index (χ1v) is 17.7. The summed E-state index contributed by atoms with van der Waals surface area (Å²) in [7, 11) is 0. The number of nitrogens with zero attached hydrogens (tertiary/aromatic N) is 2. The highest BCUT2D eigenvalue weighted by atomic mass is 19.4. The predicted octanol–water partition coefficient (Wildman–Crippen LogP) is 2.25. The molecule has 4 rings (SSSR count). The molecule has 18 heteroatoms. The largest absolute Gasteiger partial charge is 0.461 e. The van der Waals surface area contributed by atoms with Crippen LogP contribution in [0.2, 0.25) is 0 Å². The second kappa shape index (κ2) is 21.1. The van der Waals surface area contributed by atoms with E-state index in [9.17, 15) is 37.8 Å². The number of fused-ring (bicyclic) bond motifs is 2. The van der Waals surface area contributed by atoms with Crippen molar-refractivity contribution in [3.05, 3.63) is 54.0 Å². The average Bonchev–Trinajstić information content (AvgIpc) is 3.54. The highest BCUT2D eigenvalue weighted by molar-refractivity contribution is 5.77. The Morgan fingerprint density at radius 3 is 2.43 bits per heavy atom. The maximum atomic E-state index is 13.0. The lowest BCUT2D eigenvalue weighted by Crippen LogP contribution is -2.64. The molecule has 0 spiro atoms. The first-order chi connectivity index (χ1) is 25.5. The summed E-state index contributed by atoms with van der Waals surface area (Å²) in [5, 5.41) is 29.8. The number of aromatic nitrogens is 2. The van der Waals surface area contributed by atoms with Crippen LogP contribution in [0.4, 0.5) is 19.0 Å². The van der Waals surface area contributed by atoms with Gasteiger partial charge in [0.15, 0.2) is 12.0 Å². The van der Waals surface area contributed by atoms with Crippen molar-refractivity contribution in [2.24, 2.45) is 0 Å². The normalized spacial score (nSPS) is 22.3. The SMILES string of the molecule is O=C(CCCC(=O)OCc1ccccc1)NCCOCCC(=O)NCCCCCCOC[C@@]12CO[C@@H](O1)[C@H](Nc1cncc(C(F)(F)F)n1)[C@@H](O)[C@H]2O. The number of esters is 1. The molecule has 0 unspecified atom stereocenters. The minimum atomic E-state index is -4.70. The molecule has 15 nitrogen and oxygen atoms in total. The van der Waals surface area contributed by atoms with Crippen molar-refractivity contribution in [2.45, 2.75) is 94.3 Å². The van der Waals surface area contributed by atoms with Gasteiger partial charge in [0.1, 0.15) is 36.3 Å². The number of amides is 2. The zero-order chi connectivity index (χ0) is 38.1. The Hall–Kier alpha value is -3.94. The zero-order valence-electron chi connectivity index (χ0n) is 29.4. The molecule has 0 saturated carbocycles. The van der Waals surface area contributed by atoms with Gasteiger partial charge in [-0.05, 0) is 24.8 Å². The maximum absolute atomic E-state index is 13.0. The number of aliphatic hydroxyl groups excluding tert-OH is 2. The number of carbonyl (C=O) groups excluding carboxylic acids is 3. The van der Waals surface area contributed by atoms with Crippen molar-refractivity contribution in [3.63, 3.8) is 0 Å². The van der Waals surface area contributed by atoms with Gasteiger partial charge in [0.25, 0.3) is 0 Å². The van der Waals surface area contributed by atoms with E-state index in [0.29, 0.717) is 38.7 Å². The Labute approximate surface area is 305 Å². The van der Waals surface area contributed by atoms with Gasteiger partial charge in [0, 0.05) is 39.0 Å². The molecular weight excluding hydrogens is 707 g/mol. The van der Waals surface area contributed by atoms with E-state index in [-0.39, 0.29) is 75.9 Å². The van der Waals surface area contributed by atoms with Gasteiger partial charge in [-0.1, -0.05) is 43.2 Å². The van der Waals surface area contributed by atoms with Crippen molar-refractivity contribution in [3.8, 4) is 0 Å². The molecule has 2 aliphatic rings. The number of ether oxygens (including phenoxy) is 5. The topological polar surface area (TPSA) is 200 Å². The Bertz CT molecular complexity index is 1440. The molecule has 1 aromatic heterocycles. The minimum Gasteiger partial charge on any atom is -0.461 e. The lowest BCUT2D eigenvalue weighted by Gasteiger charge is -2.42. The van der Waals surface area contributed by atoms with Crippen molar-refractivity contribution >= 4 is 23.6 Å². The third-order valence-electron chi connectivity index (χ3n) is 8.56. The number of nitrogens with one attached hydrogen (secondary N) is 3. The summed E-state index contributed by atoms with van der Waals surface area (Å²) in [6, 6.07) is 8.25. The fraction of sp³-hybridized carbons (Fsp3) is 0.629. The number of alkyl halides is 3. The number of halogens is 3. The Morgan fingerprint density at radius 2 is 1.64 bits per heavy atom. The van der Waals surface area contributed by atoms with E-state index in [1.165, 1.54) is 0 Å². The molecule has 5 atom stereocenters. The van der Waals surface area contributed by atoms with Crippen LogP contribution in [0.25, 0.3) is 0 Å². The molecule has 0 radical (unpaired) electrons. The summed E-state index contributed by atoms with van der Waals surface area (Å²) in [4.78, 5) is 42.8. The van der Waals surface area contributed by atoms with Gasteiger partial charge in [0.05, 0.1) is 38.8 Å². The first-order valence-electron chi connectivity index (χ1n) is 17.7. The number of hydrogen-bond acceptors (Lipinski definition) is 13. The van der Waals surface area contributed by atoms with Gasteiger partial charge in [-0.3, -0.25) is 19.4 Å². The molecule has 3 heterocycles. The van der Waals surface area contributed by atoms with Crippen LogP contribution in [0.1, 0.15) is 62.6 Å². The van der Waals surface area contributed by atoms with Crippen molar-refractivity contribution in [1.82, 2.24) is 20.6 Å². The van der Waals surface area contributed by atoms with Crippen LogP contribution < -0.4 is 16.0 Å². The number of carbonyl (C=O) groups is 3. The number of unbranched alkanes of at least 4 members (excludes halogenated alkanes) is 3. The average molecular weight is 756 g/mol. The zero-order valence-corrected chi connectivity index (χ0v) is 29.4. The molecule has 5 N–H and O–H groups in total. The van der Waals surface area contributed by atoms with Gasteiger partial charge in [-0.2, -0.15) is 13.2 Å². The summed E-state index contributed by atoms with van der Waals surface area (Å²) in [6.07, 6.45) is -2.94. The highest BCUT2D eigenvalue weighted by Crippen LogP contribution is 2.38. The van der Waals surface area contributed by atoms with E-state index < -0.39 is 42.0 Å². The van der Waals surface area contributed by atoms with Gasteiger partial charge in [-0.15, -0.1) is 0 Å². The van der Waals surface area contributed by atoms with E-state index in [2.05, 4.69) is 25.9 Å². The standard InChI is InChI=1S/C35H48F3N5O10/c36-35(37,38)25-19-39-20-26(42-25)43-30-31(47)32(48)34(23-52-33(30)53-34)22-50-16-7-2-1-6-14-40-28(45)13-17-49-18-15-41-27(44)11-8-12-29(46)51-21-24-9-4-3-5-10-24/h3-5,9-10,19-20,30-33,47-48H,1-2,6-8,11-18,21-23H2,(H,40,45)(H,41,44)(H,42,43)/t30-,31-,32-,33+,34+/m1/s1. The molecule has 2 aromatic rings. The molecule has 2 amide bonds. The second-order valence-electron chi connectivity index (χ2n) is 12.8. The van der Waals surface area contributed by atoms with Gasteiger partial charge in [0.2, 0.25) is 11.8 Å². The monoisotopic (exact) mass is 755 g/mol. The van der Waals surface area contributed by atoms with E-state index in [1.54, 1.807) is 0 Å². The van der Waals surface area contributed by atoms with Crippen LogP contribution in [-0.4, -0.2) is 114 Å². The van der Waals surface area contributed by atoms with Crippen LogP contribution in [0.15, 0.2) is 42.7 Å². The summed E-state index contributed by atoms with van der Waals surface area (Å²) in [5.41, 5.74) is -1.64. The van der Waals surface area contributed by atoms with Crippen molar-refractivity contribution in [1.29, 1.82) is 0 Å². The van der Waals surface area contributed by atoms with Crippen LogP contribution >= 0.6 is 0 Å².